The van der Waals surface area contributed by atoms with E-state index >= 15 is 0 Å². The first-order valence-corrected chi connectivity index (χ1v) is 8.86. The first-order chi connectivity index (χ1) is 12.0. The van der Waals surface area contributed by atoms with Crippen LogP contribution in [-0.4, -0.2) is 29.4 Å². The fourth-order valence-electron chi connectivity index (χ4n) is 2.41. The third-order valence-corrected chi connectivity index (χ3v) is 4.68. The van der Waals surface area contributed by atoms with E-state index in [1.54, 1.807) is 28.4 Å². The summed E-state index contributed by atoms with van der Waals surface area (Å²) in [6.45, 7) is 7.12. The van der Waals surface area contributed by atoms with Crippen molar-refractivity contribution < 1.29 is 0 Å². The highest BCUT2D eigenvalue weighted by Gasteiger charge is 2.19. The number of pyridine rings is 1. The summed E-state index contributed by atoms with van der Waals surface area (Å²) in [7, 11) is 0. The van der Waals surface area contributed by atoms with Gasteiger partial charge in [-0.15, -0.1) is 5.10 Å². The fraction of sp³-hybridized carbons (Fsp3) is 0.294. The fourth-order valence-corrected chi connectivity index (χ4v) is 3.19. The lowest BCUT2D eigenvalue weighted by molar-refractivity contribution is 0.572. The molecule has 0 saturated carbocycles. The highest BCUT2D eigenvalue weighted by Crippen LogP contribution is 2.25. The van der Waals surface area contributed by atoms with Crippen LogP contribution in [0.5, 0.6) is 0 Å². The second-order valence-electron chi connectivity index (χ2n) is 6.84. The normalized spacial score (nSPS) is 12.0. The van der Waals surface area contributed by atoms with Gasteiger partial charge in [-0.3, -0.25) is 0 Å². The largest absolute Gasteiger partial charge is 0.356 e. The minimum atomic E-state index is 0.0287. The van der Waals surface area contributed by atoms with E-state index in [4.69, 9.17) is 0 Å². The molecule has 0 amide bonds. The van der Waals surface area contributed by atoms with Gasteiger partial charge < -0.3 is 5.32 Å². The summed E-state index contributed by atoms with van der Waals surface area (Å²) in [4.78, 5) is 9.91. The van der Waals surface area contributed by atoms with Crippen LogP contribution < -0.4 is 5.32 Å². The van der Waals surface area contributed by atoms with Gasteiger partial charge in [0.05, 0.1) is 11.9 Å². The van der Waals surface area contributed by atoms with Crippen molar-refractivity contribution in [3.63, 3.8) is 0 Å². The Balaban J connectivity index is 1.49. The minimum absolute atomic E-state index is 0.0287. The van der Waals surface area contributed by atoms with Crippen LogP contribution in [-0.2, 0) is 12.0 Å². The van der Waals surface area contributed by atoms with E-state index in [1.807, 2.05) is 35.1 Å². The van der Waals surface area contributed by atoms with Crippen molar-refractivity contribution in [3.05, 3.63) is 54.2 Å². The van der Waals surface area contributed by atoms with Gasteiger partial charge in [0, 0.05) is 30.6 Å². The van der Waals surface area contributed by atoms with Crippen molar-refractivity contribution >= 4 is 21.4 Å². The Kier molecular flexibility index (Phi) is 3.76. The zero-order chi connectivity index (χ0) is 17.4. The Labute approximate surface area is 149 Å². The molecule has 0 fully saturated rings. The number of nitrogens with one attached hydrogen (secondary N) is 1. The monoisotopic (exact) mass is 353 g/mol. The Morgan fingerprint density at radius 1 is 1.24 bits per heavy atom. The summed E-state index contributed by atoms with van der Waals surface area (Å²) in [5.74, 6) is 0.799. The van der Waals surface area contributed by atoms with Crippen LogP contribution in [0.4, 0.5) is 5.13 Å². The number of nitrogens with zero attached hydrogens (tertiary/aromatic N) is 6. The molecule has 0 atom stereocenters. The molecule has 0 bridgehead atoms. The summed E-state index contributed by atoms with van der Waals surface area (Å²) >= 11 is 1.55. The summed E-state index contributed by atoms with van der Waals surface area (Å²) < 4.78 is 3.59. The number of hydrogen-bond donors (Lipinski definition) is 1. The van der Waals surface area contributed by atoms with Crippen molar-refractivity contribution in [1.29, 1.82) is 0 Å². The molecule has 4 rings (SSSR count). The second kappa shape index (κ2) is 5.96. The average Bonchev–Trinajstić information content (AvgIpc) is 3.28. The van der Waals surface area contributed by atoms with Crippen LogP contribution in [0.1, 0.15) is 32.0 Å². The molecule has 128 valence electrons. The predicted molar refractivity (Wildman–Crippen MR) is 98.2 cm³/mol. The van der Waals surface area contributed by atoms with Gasteiger partial charge in [0.1, 0.15) is 0 Å². The van der Waals surface area contributed by atoms with Crippen molar-refractivity contribution in [3.8, 4) is 5.82 Å². The average molecular weight is 353 g/mol. The maximum absolute atomic E-state index is 4.66. The Morgan fingerprint density at radius 3 is 2.84 bits per heavy atom. The van der Waals surface area contributed by atoms with E-state index in [1.165, 1.54) is 0 Å². The molecule has 1 N–H and O–H groups in total. The summed E-state index contributed by atoms with van der Waals surface area (Å²) in [5.41, 5.74) is 2.19. The van der Waals surface area contributed by atoms with Gasteiger partial charge in [-0.1, -0.05) is 32.1 Å². The van der Waals surface area contributed by atoms with E-state index in [2.05, 4.69) is 46.3 Å². The minimum Gasteiger partial charge on any atom is -0.356 e. The van der Waals surface area contributed by atoms with E-state index in [0.29, 0.717) is 6.54 Å². The van der Waals surface area contributed by atoms with Crippen molar-refractivity contribution in [2.75, 3.05) is 5.32 Å². The number of anilines is 1. The maximum atomic E-state index is 4.66. The van der Waals surface area contributed by atoms with Crippen LogP contribution in [0.25, 0.3) is 10.8 Å². The Bertz CT molecular complexity index is 960. The molecule has 0 spiro atoms. The number of hydrogen-bond acceptors (Lipinski definition) is 6. The van der Waals surface area contributed by atoms with Gasteiger partial charge in [0.15, 0.2) is 5.82 Å². The van der Waals surface area contributed by atoms with Crippen molar-refractivity contribution in [2.24, 2.45) is 0 Å². The highest BCUT2D eigenvalue weighted by atomic mass is 32.1. The van der Waals surface area contributed by atoms with Gasteiger partial charge in [0.2, 0.25) is 10.1 Å². The smallest absolute Gasteiger partial charge is 0.214 e. The van der Waals surface area contributed by atoms with Crippen molar-refractivity contribution in [2.45, 2.75) is 32.7 Å². The van der Waals surface area contributed by atoms with Crippen molar-refractivity contribution in [1.82, 2.24) is 29.4 Å². The van der Waals surface area contributed by atoms with Crippen LogP contribution in [0.2, 0.25) is 0 Å². The number of aromatic nitrogens is 6. The van der Waals surface area contributed by atoms with Gasteiger partial charge in [-0.05, 0) is 23.8 Å². The Hall–Kier alpha value is -2.74. The van der Waals surface area contributed by atoms with Gasteiger partial charge in [-0.2, -0.15) is 5.10 Å². The highest BCUT2D eigenvalue weighted by molar-refractivity contribution is 7.20. The lowest BCUT2D eigenvalue weighted by Crippen LogP contribution is -2.11. The lowest BCUT2D eigenvalue weighted by atomic mass is 9.93. The number of imidazole rings is 1. The van der Waals surface area contributed by atoms with Crippen LogP contribution in [0, 0.1) is 0 Å². The van der Waals surface area contributed by atoms with Crippen LogP contribution in [0.15, 0.2) is 43.0 Å². The van der Waals surface area contributed by atoms with Gasteiger partial charge >= 0.3 is 0 Å². The molecule has 4 heterocycles. The summed E-state index contributed by atoms with van der Waals surface area (Å²) in [6, 6.07) is 5.87. The molecule has 0 radical (unpaired) electrons. The van der Waals surface area contributed by atoms with Gasteiger partial charge in [-0.25, -0.2) is 19.2 Å². The molecule has 0 saturated heterocycles. The molecule has 0 aliphatic rings. The zero-order valence-electron chi connectivity index (χ0n) is 14.3. The molecular formula is C17H19N7S. The molecule has 0 aromatic carbocycles. The molecule has 25 heavy (non-hydrogen) atoms. The van der Waals surface area contributed by atoms with E-state index in [9.17, 15) is 0 Å². The van der Waals surface area contributed by atoms with Crippen LogP contribution in [0.3, 0.4) is 0 Å². The maximum Gasteiger partial charge on any atom is 0.214 e. The molecular weight excluding hydrogens is 334 g/mol. The van der Waals surface area contributed by atoms with E-state index < -0.39 is 0 Å². The summed E-state index contributed by atoms with van der Waals surface area (Å²) in [5, 5.41) is 13.0. The third kappa shape index (κ3) is 3.25. The zero-order valence-corrected chi connectivity index (χ0v) is 15.2. The molecule has 4 aromatic heterocycles. The molecule has 0 aliphatic heterocycles. The number of fused-ring (bicyclic) bond motifs is 1. The first kappa shape index (κ1) is 15.8. The topological polar surface area (TPSA) is 72.9 Å². The molecule has 7 nitrogen and oxygen atoms in total. The molecule has 0 unspecified atom stereocenters. The SMILES string of the molecule is CC(C)(C)c1cn2nc(NCc3ccnc(-n4cccn4)c3)sc2n1. The lowest BCUT2D eigenvalue weighted by Gasteiger charge is -2.13. The number of rotatable bonds is 4. The third-order valence-electron chi connectivity index (χ3n) is 3.80. The van der Waals surface area contributed by atoms with Crippen LogP contribution >= 0.6 is 11.3 Å². The molecule has 0 aliphatic carbocycles. The second-order valence-corrected chi connectivity index (χ2v) is 7.79. The quantitative estimate of drug-likeness (QED) is 0.609. The first-order valence-electron chi connectivity index (χ1n) is 8.04. The van der Waals surface area contributed by atoms with Gasteiger partial charge in [0.25, 0.3) is 0 Å². The van der Waals surface area contributed by atoms with E-state index in [-0.39, 0.29) is 5.41 Å². The summed E-state index contributed by atoms with van der Waals surface area (Å²) in [6.07, 6.45) is 7.41. The van der Waals surface area contributed by atoms with E-state index in [0.717, 1.165) is 27.2 Å². The molecule has 4 aromatic rings. The Morgan fingerprint density at radius 2 is 2.12 bits per heavy atom. The predicted octanol–water partition coefficient (Wildman–Crippen LogP) is 3.28. The molecule has 8 heteroatoms. The standard InChI is InChI=1S/C17H19N7S/c1-17(2,3)13-11-24-16(21-13)25-15(22-24)19-10-12-5-7-18-14(9-12)23-8-4-6-20-23/h4-9,11H,10H2,1-3H3,(H,19,22).